The highest BCUT2D eigenvalue weighted by atomic mass is 16.5. The number of carbonyl (C=O) groups excluding carboxylic acids is 1. The van der Waals surface area contributed by atoms with Crippen LogP contribution in [0, 0.1) is 0 Å². The van der Waals surface area contributed by atoms with Gasteiger partial charge < -0.3 is 15.0 Å². The Balaban J connectivity index is 1.45. The zero-order valence-corrected chi connectivity index (χ0v) is 14.6. The molecule has 0 spiro atoms. The lowest BCUT2D eigenvalue weighted by molar-refractivity contribution is -0.131. The monoisotopic (exact) mass is 339 g/mol. The fourth-order valence-electron chi connectivity index (χ4n) is 3.07. The molecule has 0 unspecified atom stereocenters. The molecule has 1 fully saturated rings. The minimum Gasteiger partial charge on any atom is -0.495 e. The molecule has 5 nitrogen and oxygen atoms in total. The van der Waals surface area contributed by atoms with Crippen LogP contribution in [0.5, 0.6) is 5.75 Å². The second kappa shape index (κ2) is 8.53. The average molecular weight is 339 g/mol. The highest BCUT2D eigenvalue weighted by molar-refractivity contribution is 5.81. The molecule has 0 bridgehead atoms. The Morgan fingerprint density at radius 1 is 1.00 bits per heavy atom. The number of carbonyl (C=O) groups is 1. The Bertz CT molecular complexity index is 682. The van der Waals surface area contributed by atoms with E-state index in [2.05, 4.69) is 34.5 Å². The summed E-state index contributed by atoms with van der Waals surface area (Å²) in [7, 11) is 1.63. The Hall–Kier alpha value is -2.53. The first-order valence-electron chi connectivity index (χ1n) is 8.67. The highest BCUT2D eigenvalue weighted by Gasteiger charge is 2.21. The zero-order valence-electron chi connectivity index (χ0n) is 14.6. The van der Waals surface area contributed by atoms with E-state index in [1.165, 1.54) is 5.56 Å². The van der Waals surface area contributed by atoms with Crippen molar-refractivity contribution in [2.45, 2.75) is 6.54 Å². The van der Waals surface area contributed by atoms with Crippen LogP contribution < -0.4 is 10.1 Å². The molecule has 0 saturated carbocycles. The van der Waals surface area contributed by atoms with Gasteiger partial charge in [-0.05, 0) is 17.7 Å². The number of anilines is 1. The van der Waals surface area contributed by atoms with Crippen LogP contribution in [0.4, 0.5) is 5.69 Å². The van der Waals surface area contributed by atoms with Crippen molar-refractivity contribution in [2.24, 2.45) is 0 Å². The van der Waals surface area contributed by atoms with Gasteiger partial charge in [0, 0.05) is 32.7 Å². The second-order valence-electron chi connectivity index (χ2n) is 6.20. The number of hydrogen-bond acceptors (Lipinski definition) is 4. The maximum atomic E-state index is 12.4. The third-order valence-electron chi connectivity index (χ3n) is 4.51. The molecule has 2 aromatic carbocycles. The van der Waals surface area contributed by atoms with Crippen LogP contribution in [0.3, 0.4) is 0 Å². The van der Waals surface area contributed by atoms with E-state index in [4.69, 9.17) is 4.74 Å². The molecule has 1 N–H and O–H groups in total. The topological polar surface area (TPSA) is 44.8 Å². The number of nitrogens with one attached hydrogen (secondary N) is 1. The van der Waals surface area contributed by atoms with E-state index >= 15 is 0 Å². The van der Waals surface area contributed by atoms with Crippen LogP contribution in [0.25, 0.3) is 0 Å². The Morgan fingerprint density at radius 2 is 1.68 bits per heavy atom. The number of methoxy groups -OCH3 is 1. The van der Waals surface area contributed by atoms with Crippen molar-refractivity contribution in [3.63, 3.8) is 0 Å². The molecule has 0 aromatic heterocycles. The number of nitrogens with zero attached hydrogens (tertiary/aromatic N) is 2. The summed E-state index contributed by atoms with van der Waals surface area (Å²) in [6, 6.07) is 18.1. The van der Waals surface area contributed by atoms with Crippen molar-refractivity contribution < 1.29 is 9.53 Å². The van der Waals surface area contributed by atoms with Crippen LogP contribution >= 0.6 is 0 Å². The van der Waals surface area contributed by atoms with Gasteiger partial charge >= 0.3 is 0 Å². The Labute approximate surface area is 149 Å². The maximum Gasteiger partial charge on any atom is 0.241 e. The molecule has 1 aliphatic heterocycles. The number of ether oxygens (including phenoxy) is 1. The molecule has 2 aromatic rings. The largest absolute Gasteiger partial charge is 0.495 e. The minimum atomic E-state index is 0.130. The van der Waals surface area contributed by atoms with E-state index in [1.807, 2.05) is 35.2 Å². The van der Waals surface area contributed by atoms with Crippen molar-refractivity contribution >= 4 is 11.6 Å². The Kier molecular flexibility index (Phi) is 5.90. The molecule has 0 aliphatic carbocycles. The number of piperazine rings is 1. The third-order valence-corrected chi connectivity index (χ3v) is 4.51. The first-order valence-corrected chi connectivity index (χ1v) is 8.67. The summed E-state index contributed by atoms with van der Waals surface area (Å²) >= 11 is 0. The second-order valence-corrected chi connectivity index (χ2v) is 6.20. The summed E-state index contributed by atoms with van der Waals surface area (Å²) in [5, 5.41) is 3.18. The van der Waals surface area contributed by atoms with Gasteiger partial charge in [-0.15, -0.1) is 0 Å². The van der Waals surface area contributed by atoms with E-state index in [9.17, 15) is 4.79 Å². The third kappa shape index (κ3) is 4.73. The van der Waals surface area contributed by atoms with Gasteiger partial charge in [0.25, 0.3) is 0 Å². The number of para-hydroxylation sites is 2. The van der Waals surface area contributed by atoms with Crippen molar-refractivity contribution in [2.75, 3.05) is 45.2 Å². The number of rotatable bonds is 6. The smallest absolute Gasteiger partial charge is 0.241 e. The van der Waals surface area contributed by atoms with Gasteiger partial charge in [0.15, 0.2) is 0 Å². The van der Waals surface area contributed by atoms with Crippen LogP contribution in [-0.4, -0.2) is 55.5 Å². The number of benzene rings is 2. The predicted octanol–water partition coefficient (Wildman–Crippen LogP) is 2.45. The van der Waals surface area contributed by atoms with Crippen LogP contribution in [0.2, 0.25) is 0 Å². The fourth-order valence-corrected chi connectivity index (χ4v) is 3.07. The molecule has 1 aliphatic rings. The lowest BCUT2D eigenvalue weighted by atomic mass is 10.2. The normalized spacial score (nSPS) is 15.0. The SMILES string of the molecule is COc1ccccc1NCC(=O)N1CCN(Cc2ccccc2)CC1. The summed E-state index contributed by atoms with van der Waals surface area (Å²) < 4.78 is 5.30. The molecule has 0 radical (unpaired) electrons. The zero-order chi connectivity index (χ0) is 17.5. The van der Waals surface area contributed by atoms with Crippen LogP contribution in [-0.2, 0) is 11.3 Å². The van der Waals surface area contributed by atoms with E-state index < -0.39 is 0 Å². The first kappa shape index (κ1) is 17.3. The molecule has 1 amide bonds. The van der Waals surface area contributed by atoms with E-state index in [1.54, 1.807) is 7.11 Å². The summed E-state index contributed by atoms with van der Waals surface area (Å²) in [5.41, 5.74) is 2.17. The van der Waals surface area contributed by atoms with Gasteiger partial charge in [-0.2, -0.15) is 0 Å². The van der Waals surface area contributed by atoms with Gasteiger partial charge in [-0.1, -0.05) is 42.5 Å². The quantitative estimate of drug-likeness (QED) is 0.878. The summed E-state index contributed by atoms with van der Waals surface area (Å²) in [6.45, 7) is 4.62. The predicted molar refractivity (Wildman–Crippen MR) is 99.8 cm³/mol. The molecular formula is C20H25N3O2. The molecule has 132 valence electrons. The maximum absolute atomic E-state index is 12.4. The lowest BCUT2D eigenvalue weighted by Crippen LogP contribution is -2.49. The average Bonchev–Trinajstić information content (AvgIpc) is 2.67. The van der Waals surface area contributed by atoms with Crippen molar-refractivity contribution in [3.8, 4) is 5.75 Å². The van der Waals surface area contributed by atoms with Crippen molar-refractivity contribution in [1.82, 2.24) is 9.80 Å². The van der Waals surface area contributed by atoms with Gasteiger partial charge in [0.2, 0.25) is 5.91 Å². The summed E-state index contributed by atoms with van der Waals surface area (Å²) in [4.78, 5) is 16.8. The van der Waals surface area contributed by atoms with Crippen molar-refractivity contribution in [3.05, 3.63) is 60.2 Å². The van der Waals surface area contributed by atoms with Gasteiger partial charge in [-0.3, -0.25) is 9.69 Å². The van der Waals surface area contributed by atoms with Gasteiger partial charge in [-0.25, -0.2) is 0 Å². The standard InChI is InChI=1S/C20H25N3O2/c1-25-19-10-6-5-9-18(19)21-15-20(24)23-13-11-22(12-14-23)16-17-7-3-2-4-8-17/h2-10,21H,11-16H2,1H3. The molecule has 3 rings (SSSR count). The van der Waals surface area contributed by atoms with E-state index in [0.29, 0.717) is 6.54 Å². The number of amides is 1. The van der Waals surface area contributed by atoms with E-state index in [0.717, 1.165) is 44.2 Å². The Morgan fingerprint density at radius 3 is 2.40 bits per heavy atom. The van der Waals surface area contributed by atoms with Crippen molar-refractivity contribution in [1.29, 1.82) is 0 Å². The van der Waals surface area contributed by atoms with Crippen LogP contribution in [0.15, 0.2) is 54.6 Å². The molecular weight excluding hydrogens is 314 g/mol. The first-order chi connectivity index (χ1) is 12.3. The minimum absolute atomic E-state index is 0.130. The van der Waals surface area contributed by atoms with Gasteiger partial charge in [0.1, 0.15) is 5.75 Å². The number of hydrogen-bond donors (Lipinski definition) is 1. The molecule has 5 heteroatoms. The van der Waals surface area contributed by atoms with E-state index in [-0.39, 0.29) is 5.91 Å². The molecule has 25 heavy (non-hydrogen) atoms. The molecule has 1 heterocycles. The van der Waals surface area contributed by atoms with Gasteiger partial charge in [0.05, 0.1) is 19.3 Å². The van der Waals surface area contributed by atoms with Crippen LogP contribution in [0.1, 0.15) is 5.56 Å². The summed E-state index contributed by atoms with van der Waals surface area (Å²) in [6.07, 6.45) is 0. The fraction of sp³-hybridized carbons (Fsp3) is 0.350. The molecule has 1 saturated heterocycles. The summed E-state index contributed by atoms with van der Waals surface area (Å²) in [5.74, 6) is 0.883. The lowest BCUT2D eigenvalue weighted by Gasteiger charge is -2.35. The molecule has 0 atom stereocenters. The highest BCUT2D eigenvalue weighted by Crippen LogP contribution is 2.22.